The Kier molecular flexibility index (Phi) is 5.43. The van der Waals surface area contributed by atoms with Crippen molar-refractivity contribution in [2.75, 3.05) is 26.3 Å². The highest BCUT2D eigenvalue weighted by molar-refractivity contribution is 6.30. The molecule has 1 fully saturated rings. The molecule has 106 valence electrons. The topological polar surface area (TPSA) is 30.5 Å². The predicted octanol–water partition coefficient (Wildman–Crippen LogP) is 2.87. The van der Waals surface area contributed by atoms with Crippen LogP contribution in [0, 0.1) is 11.7 Å². The fourth-order valence-corrected chi connectivity index (χ4v) is 2.48. The van der Waals surface area contributed by atoms with Gasteiger partial charge in [0.1, 0.15) is 17.7 Å². The monoisotopic (exact) mass is 287 g/mol. The van der Waals surface area contributed by atoms with E-state index in [1.165, 1.54) is 12.1 Å². The summed E-state index contributed by atoms with van der Waals surface area (Å²) in [5.74, 6) is 0.456. The number of hydrogen-bond acceptors (Lipinski definition) is 3. The Bertz CT molecular complexity index is 390. The molecule has 0 spiro atoms. The molecule has 0 saturated carbocycles. The summed E-state index contributed by atoms with van der Waals surface area (Å²) in [5.41, 5.74) is 0. The van der Waals surface area contributed by atoms with E-state index in [4.69, 9.17) is 21.1 Å². The lowest BCUT2D eigenvalue weighted by molar-refractivity contribution is 0.0290. The Labute approximate surface area is 118 Å². The minimum atomic E-state index is -0.387. The van der Waals surface area contributed by atoms with Gasteiger partial charge in [0.05, 0.1) is 6.61 Å². The average molecular weight is 288 g/mol. The Morgan fingerprint density at radius 1 is 1.47 bits per heavy atom. The second kappa shape index (κ2) is 7.08. The van der Waals surface area contributed by atoms with Crippen molar-refractivity contribution in [1.82, 2.24) is 5.32 Å². The van der Waals surface area contributed by atoms with Crippen LogP contribution >= 0.6 is 11.6 Å². The van der Waals surface area contributed by atoms with Gasteiger partial charge in [-0.1, -0.05) is 11.6 Å². The van der Waals surface area contributed by atoms with Gasteiger partial charge in [0, 0.05) is 30.2 Å². The van der Waals surface area contributed by atoms with E-state index in [0.29, 0.717) is 29.9 Å². The van der Waals surface area contributed by atoms with Crippen molar-refractivity contribution in [3.8, 4) is 5.75 Å². The molecule has 1 N–H and O–H groups in total. The first-order chi connectivity index (χ1) is 9.19. The molecule has 1 heterocycles. The summed E-state index contributed by atoms with van der Waals surface area (Å²) in [5, 5.41) is 3.64. The molecule has 5 heteroatoms. The van der Waals surface area contributed by atoms with E-state index in [-0.39, 0.29) is 11.9 Å². The molecule has 1 saturated heterocycles. The number of benzene rings is 1. The molecule has 1 aliphatic rings. The lowest BCUT2D eigenvalue weighted by atomic mass is 10.0. The Morgan fingerprint density at radius 2 is 2.32 bits per heavy atom. The van der Waals surface area contributed by atoms with Crippen molar-refractivity contribution < 1.29 is 13.9 Å². The highest BCUT2D eigenvalue weighted by Gasteiger charge is 2.26. The van der Waals surface area contributed by atoms with Crippen LogP contribution in [-0.4, -0.2) is 32.4 Å². The second-order valence-electron chi connectivity index (χ2n) is 4.67. The van der Waals surface area contributed by atoms with Gasteiger partial charge in [-0.05, 0) is 32.0 Å². The summed E-state index contributed by atoms with van der Waals surface area (Å²) in [4.78, 5) is 0. The van der Waals surface area contributed by atoms with Gasteiger partial charge in [-0.25, -0.2) is 4.39 Å². The molecule has 1 aromatic carbocycles. The molecule has 1 aliphatic heterocycles. The fourth-order valence-electron chi connectivity index (χ4n) is 2.27. The molecule has 1 unspecified atom stereocenters. The summed E-state index contributed by atoms with van der Waals surface area (Å²) in [6.45, 7) is 4.99. The smallest absolute Gasteiger partial charge is 0.128 e. The molecular formula is C14H19ClFNO2. The zero-order valence-corrected chi connectivity index (χ0v) is 11.8. The number of rotatable bonds is 6. The minimum Gasteiger partial charge on any atom is -0.488 e. The van der Waals surface area contributed by atoms with Crippen LogP contribution in [0.2, 0.25) is 5.02 Å². The molecule has 0 aromatic heterocycles. The van der Waals surface area contributed by atoms with Crippen LogP contribution in [-0.2, 0) is 4.74 Å². The quantitative estimate of drug-likeness (QED) is 0.873. The van der Waals surface area contributed by atoms with Crippen molar-refractivity contribution in [3.05, 3.63) is 29.0 Å². The molecule has 0 radical (unpaired) electrons. The third kappa shape index (κ3) is 4.34. The summed E-state index contributed by atoms with van der Waals surface area (Å²) in [7, 11) is 0. The van der Waals surface area contributed by atoms with Crippen LogP contribution < -0.4 is 10.1 Å². The molecule has 2 rings (SSSR count). The van der Waals surface area contributed by atoms with Crippen molar-refractivity contribution in [2.24, 2.45) is 5.92 Å². The van der Waals surface area contributed by atoms with Gasteiger partial charge in [-0.2, -0.15) is 0 Å². The molecule has 19 heavy (non-hydrogen) atoms. The van der Waals surface area contributed by atoms with Crippen molar-refractivity contribution >= 4 is 11.6 Å². The van der Waals surface area contributed by atoms with Crippen LogP contribution in [0.25, 0.3) is 0 Å². The van der Waals surface area contributed by atoms with E-state index in [0.717, 1.165) is 19.5 Å². The Hall–Kier alpha value is -0.840. The van der Waals surface area contributed by atoms with Gasteiger partial charge >= 0.3 is 0 Å². The van der Waals surface area contributed by atoms with Crippen LogP contribution in [0.15, 0.2) is 18.2 Å². The van der Waals surface area contributed by atoms with E-state index in [2.05, 4.69) is 5.32 Å². The standard InChI is InChI=1S/C14H19ClFNO2/c1-2-18-9-14(10-3-4-17-8-10)19-13-6-11(15)5-12(16)7-13/h5-7,10,14,17H,2-4,8-9H2,1H3/t10?,14-/m0/s1. The van der Waals surface area contributed by atoms with Gasteiger partial charge in [0.25, 0.3) is 0 Å². The summed E-state index contributed by atoms with van der Waals surface area (Å²) in [6, 6.07) is 4.25. The molecular weight excluding hydrogens is 269 g/mol. The second-order valence-corrected chi connectivity index (χ2v) is 5.11. The number of halogens is 2. The predicted molar refractivity (Wildman–Crippen MR) is 73.3 cm³/mol. The van der Waals surface area contributed by atoms with E-state index in [9.17, 15) is 4.39 Å². The maximum absolute atomic E-state index is 13.3. The number of ether oxygens (including phenoxy) is 2. The molecule has 3 nitrogen and oxygen atoms in total. The van der Waals surface area contributed by atoms with E-state index >= 15 is 0 Å². The van der Waals surface area contributed by atoms with Gasteiger partial charge in [-0.3, -0.25) is 0 Å². The lowest BCUT2D eigenvalue weighted by Crippen LogP contribution is -2.33. The maximum atomic E-state index is 13.3. The van der Waals surface area contributed by atoms with Crippen LogP contribution in [0.4, 0.5) is 4.39 Å². The zero-order chi connectivity index (χ0) is 13.7. The molecule has 2 atom stereocenters. The van der Waals surface area contributed by atoms with Crippen molar-refractivity contribution in [2.45, 2.75) is 19.4 Å². The summed E-state index contributed by atoms with van der Waals surface area (Å²) in [6.07, 6.45) is 0.966. The maximum Gasteiger partial charge on any atom is 0.128 e. The van der Waals surface area contributed by atoms with Crippen molar-refractivity contribution in [3.63, 3.8) is 0 Å². The first-order valence-corrected chi connectivity index (χ1v) is 6.98. The van der Waals surface area contributed by atoms with Gasteiger partial charge in [0.2, 0.25) is 0 Å². The van der Waals surface area contributed by atoms with E-state index in [1.54, 1.807) is 6.07 Å². The first kappa shape index (κ1) is 14.6. The number of hydrogen-bond donors (Lipinski definition) is 1. The lowest BCUT2D eigenvalue weighted by Gasteiger charge is -2.24. The van der Waals surface area contributed by atoms with Gasteiger partial charge in [-0.15, -0.1) is 0 Å². The normalized spacial score (nSPS) is 20.5. The third-order valence-corrected chi connectivity index (χ3v) is 3.45. The van der Waals surface area contributed by atoms with Crippen LogP contribution in [0.1, 0.15) is 13.3 Å². The first-order valence-electron chi connectivity index (χ1n) is 6.60. The zero-order valence-electron chi connectivity index (χ0n) is 11.0. The average Bonchev–Trinajstić information content (AvgIpc) is 2.87. The van der Waals surface area contributed by atoms with Gasteiger partial charge < -0.3 is 14.8 Å². The minimum absolute atomic E-state index is 0.0761. The van der Waals surface area contributed by atoms with E-state index in [1.807, 2.05) is 6.92 Å². The summed E-state index contributed by atoms with van der Waals surface area (Å²) < 4.78 is 24.6. The highest BCUT2D eigenvalue weighted by atomic mass is 35.5. The molecule has 0 bridgehead atoms. The Balaban J connectivity index is 2.05. The Morgan fingerprint density at radius 3 is 2.95 bits per heavy atom. The van der Waals surface area contributed by atoms with Crippen molar-refractivity contribution in [1.29, 1.82) is 0 Å². The van der Waals surface area contributed by atoms with E-state index < -0.39 is 0 Å². The van der Waals surface area contributed by atoms with Gasteiger partial charge in [0.15, 0.2) is 0 Å². The highest BCUT2D eigenvalue weighted by Crippen LogP contribution is 2.24. The number of nitrogens with one attached hydrogen (secondary N) is 1. The summed E-state index contributed by atoms with van der Waals surface area (Å²) >= 11 is 5.83. The largest absolute Gasteiger partial charge is 0.488 e. The molecule has 0 amide bonds. The molecule has 1 aromatic rings. The van der Waals surface area contributed by atoms with Crippen LogP contribution in [0.5, 0.6) is 5.75 Å². The fraction of sp³-hybridized carbons (Fsp3) is 0.571. The molecule has 0 aliphatic carbocycles. The van der Waals surface area contributed by atoms with Crippen LogP contribution in [0.3, 0.4) is 0 Å². The SMILES string of the molecule is CCOC[C@H](Oc1cc(F)cc(Cl)c1)C1CCNC1. The third-order valence-electron chi connectivity index (χ3n) is 3.23.